The van der Waals surface area contributed by atoms with Crippen LogP contribution < -0.4 is 11.1 Å². The molecule has 0 unspecified atom stereocenters. The fourth-order valence-corrected chi connectivity index (χ4v) is 2.11. The number of likely N-dealkylation sites (N-methyl/N-ethyl adjacent to an activating group) is 1. The molecule has 19 heavy (non-hydrogen) atoms. The van der Waals surface area contributed by atoms with Crippen LogP contribution in [0, 0.1) is 0 Å². The van der Waals surface area contributed by atoms with Gasteiger partial charge in [0.15, 0.2) is 0 Å². The molecule has 0 saturated carbocycles. The molecule has 0 aromatic heterocycles. The molecule has 2 amide bonds. The van der Waals surface area contributed by atoms with E-state index in [1.54, 1.807) is 0 Å². The molecule has 1 aliphatic heterocycles. The predicted octanol–water partition coefficient (Wildman–Crippen LogP) is -0.606. The van der Waals surface area contributed by atoms with Gasteiger partial charge in [-0.3, -0.25) is 14.5 Å². The van der Waals surface area contributed by atoms with E-state index in [0.717, 1.165) is 13.1 Å². The van der Waals surface area contributed by atoms with Crippen LogP contribution in [0.4, 0.5) is 0 Å². The van der Waals surface area contributed by atoms with Crippen molar-refractivity contribution in [2.75, 3.05) is 39.3 Å². The summed E-state index contributed by atoms with van der Waals surface area (Å²) in [6.07, 6.45) is 0.364. The molecule has 0 bridgehead atoms. The van der Waals surface area contributed by atoms with Gasteiger partial charge >= 0.3 is 0 Å². The Balaban J connectivity index is 2.32. The van der Waals surface area contributed by atoms with Crippen LogP contribution in [0.25, 0.3) is 0 Å². The van der Waals surface area contributed by atoms with Crippen LogP contribution in [-0.2, 0) is 9.59 Å². The summed E-state index contributed by atoms with van der Waals surface area (Å²) in [5.41, 5.74) is 5.40. The summed E-state index contributed by atoms with van der Waals surface area (Å²) in [6, 6.07) is 0. The Morgan fingerprint density at radius 1 is 1.21 bits per heavy atom. The number of hydrogen-bond acceptors (Lipinski definition) is 4. The first-order valence-electron chi connectivity index (χ1n) is 6.87. The van der Waals surface area contributed by atoms with Gasteiger partial charge in [0.1, 0.15) is 0 Å². The van der Waals surface area contributed by atoms with E-state index < -0.39 is 5.54 Å². The topological polar surface area (TPSA) is 78.7 Å². The van der Waals surface area contributed by atoms with Gasteiger partial charge in [0.2, 0.25) is 11.8 Å². The monoisotopic (exact) mass is 270 g/mol. The molecule has 0 aliphatic carbocycles. The predicted molar refractivity (Wildman–Crippen MR) is 74.6 cm³/mol. The molecule has 0 radical (unpaired) electrons. The lowest BCUT2D eigenvalue weighted by Gasteiger charge is -2.35. The van der Waals surface area contributed by atoms with Gasteiger partial charge in [0.05, 0.1) is 6.54 Å². The molecule has 6 heteroatoms. The first-order chi connectivity index (χ1) is 8.81. The van der Waals surface area contributed by atoms with Gasteiger partial charge in [-0.05, 0) is 20.8 Å². The quantitative estimate of drug-likeness (QED) is 0.699. The highest BCUT2D eigenvalue weighted by atomic mass is 16.2. The minimum absolute atomic E-state index is 0.0466. The van der Waals surface area contributed by atoms with Crippen LogP contribution in [0.3, 0.4) is 0 Å². The summed E-state index contributed by atoms with van der Waals surface area (Å²) in [5.74, 6) is 0.149. The largest absolute Gasteiger partial charge is 0.355 e. The summed E-state index contributed by atoms with van der Waals surface area (Å²) in [7, 11) is 0. The van der Waals surface area contributed by atoms with E-state index in [0.29, 0.717) is 32.6 Å². The molecule has 1 heterocycles. The molecule has 1 saturated heterocycles. The van der Waals surface area contributed by atoms with E-state index in [2.05, 4.69) is 10.2 Å². The number of hydrogen-bond donors (Lipinski definition) is 2. The van der Waals surface area contributed by atoms with Crippen LogP contribution in [-0.4, -0.2) is 66.4 Å². The summed E-state index contributed by atoms with van der Waals surface area (Å²) in [6.45, 7) is 9.53. The van der Waals surface area contributed by atoms with Gasteiger partial charge < -0.3 is 16.0 Å². The van der Waals surface area contributed by atoms with Gasteiger partial charge in [-0.25, -0.2) is 0 Å². The highest BCUT2D eigenvalue weighted by molar-refractivity contribution is 5.78. The van der Waals surface area contributed by atoms with Crippen LogP contribution >= 0.6 is 0 Å². The van der Waals surface area contributed by atoms with Crippen molar-refractivity contribution >= 4 is 11.8 Å². The van der Waals surface area contributed by atoms with Crippen molar-refractivity contribution in [1.29, 1.82) is 0 Å². The van der Waals surface area contributed by atoms with Gasteiger partial charge in [-0.15, -0.1) is 0 Å². The fourth-order valence-electron chi connectivity index (χ4n) is 2.11. The highest BCUT2D eigenvalue weighted by Crippen LogP contribution is 2.09. The Morgan fingerprint density at radius 3 is 2.26 bits per heavy atom. The lowest BCUT2D eigenvalue weighted by molar-refractivity contribution is -0.134. The van der Waals surface area contributed by atoms with E-state index in [4.69, 9.17) is 5.73 Å². The molecular formula is C13H26N4O2. The fraction of sp³-hybridized carbons (Fsp3) is 0.846. The van der Waals surface area contributed by atoms with Crippen LogP contribution in [0.2, 0.25) is 0 Å². The Morgan fingerprint density at radius 2 is 1.79 bits per heavy atom. The molecular weight excluding hydrogens is 244 g/mol. The SMILES string of the molecule is CCNC(=O)CN1CCN(C(=O)CC(C)(C)N)CC1. The van der Waals surface area contributed by atoms with Gasteiger partial charge in [-0.2, -0.15) is 0 Å². The molecule has 1 aliphatic rings. The summed E-state index contributed by atoms with van der Waals surface area (Å²) in [5, 5.41) is 2.78. The third kappa shape index (κ3) is 6.02. The number of nitrogens with two attached hydrogens (primary N) is 1. The zero-order valence-corrected chi connectivity index (χ0v) is 12.2. The van der Waals surface area contributed by atoms with E-state index in [-0.39, 0.29) is 11.8 Å². The number of rotatable bonds is 5. The third-order valence-corrected chi connectivity index (χ3v) is 3.07. The number of nitrogens with one attached hydrogen (secondary N) is 1. The molecule has 3 N–H and O–H groups in total. The van der Waals surface area contributed by atoms with Crippen molar-refractivity contribution in [3.63, 3.8) is 0 Å². The maximum Gasteiger partial charge on any atom is 0.234 e. The normalized spacial score (nSPS) is 17.4. The zero-order valence-electron chi connectivity index (χ0n) is 12.2. The highest BCUT2D eigenvalue weighted by Gasteiger charge is 2.25. The molecule has 6 nitrogen and oxygen atoms in total. The average Bonchev–Trinajstić information content (AvgIpc) is 2.27. The standard InChI is InChI=1S/C13H26N4O2/c1-4-15-11(18)10-16-5-7-17(8-6-16)12(19)9-13(2,3)14/h4-10,14H2,1-3H3,(H,15,18). The molecule has 1 rings (SSSR count). The zero-order chi connectivity index (χ0) is 14.5. The number of carbonyl (C=O) groups excluding carboxylic acids is 2. The van der Waals surface area contributed by atoms with E-state index in [9.17, 15) is 9.59 Å². The van der Waals surface area contributed by atoms with Crippen molar-refractivity contribution in [2.24, 2.45) is 5.73 Å². The van der Waals surface area contributed by atoms with E-state index in [1.807, 2.05) is 25.7 Å². The molecule has 0 aromatic rings. The molecule has 0 atom stereocenters. The number of carbonyl (C=O) groups is 2. The van der Waals surface area contributed by atoms with Gasteiger partial charge in [-0.1, -0.05) is 0 Å². The van der Waals surface area contributed by atoms with Crippen LogP contribution in [0.1, 0.15) is 27.2 Å². The van der Waals surface area contributed by atoms with Crippen molar-refractivity contribution in [1.82, 2.24) is 15.1 Å². The van der Waals surface area contributed by atoms with Crippen molar-refractivity contribution in [3.8, 4) is 0 Å². The molecule has 110 valence electrons. The maximum atomic E-state index is 12.0. The Bertz CT molecular complexity index is 317. The van der Waals surface area contributed by atoms with Crippen LogP contribution in [0.15, 0.2) is 0 Å². The number of amides is 2. The third-order valence-electron chi connectivity index (χ3n) is 3.07. The minimum atomic E-state index is -0.463. The summed E-state index contributed by atoms with van der Waals surface area (Å²) < 4.78 is 0. The van der Waals surface area contributed by atoms with Gasteiger partial charge in [0, 0.05) is 44.7 Å². The Hall–Kier alpha value is -1.14. The first kappa shape index (κ1) is 15.9. The maximum absolute atomic E-state index is 12.0. The second kappa shape index (κ2) is 6.86. The second-order valence-corrected chi connectivity index (χ2v) is 5.78. The van der Waals surface area contributed by atoms with Gasteiger partial charge in [0.25, 0.3) is 0 Å². The smallest absolute Gasteiger partial charge is 0.234 e. The minimum Gasteiger partial charge on any atom is -0.355 e. The van der Waals surface area contributed by atoms with Crippen molar-refractivity contribution < 1.29 is 9.59 Å². The second-order valence-electron chi connectivity index (χ2n) is 5.78. The molecule has 1 fully saturated rings. The van der Waals surface area contributed by atoms with Crippen molar-refractivity contribution in [3.05, 3.63) is 0 Å². The van der Waals surface area contributed by atoms with E-state index in [1.165, 1.54) is 0 Å². The lowest BCUT2D eigenvalue weighted by atomic mass is 10.0. The first-order valence-corrected chi connectivity index (χ1v) is 6.87. The number of nitrogens with zero attached hydrogens (tertiary/aromatic N) is 2. The number of piperazine rings is 1. The summed E-state index contributed by atoms with van der Waals surface area (Å²) >= 11 is 0. The Labute approximate surface area is 115 Å². The van der Waals surface area contributed by atoms with E-state index >= 15 is 0 Å². The Kier molecular flexibility index (Phi) is 5.75. The molecule has 0 spiro atoms. The van der Waals surface area contributed by atoms with Crippen molar-refractivity contribution in [2.45, 2.75) is 32.7 Å². The summed E-state index contributed by atoms with van der Waals surface area (Å²) in [4.78, 5) is 27.4. The molecule has 0 aromatic carbocycles. The lowest BCUT2D eigenvalue weighted by Crippen LogP contribution is -2.52. The van der Waals surface area contributed by atoms with Crippen LogP contribution in [0.5, 0.6) is 0 Å². The average molecular weight is 270 g/mol.